The molecule has 0 aromatic rings. The first-order chi connectivity index (χ1) is 17.5. The number of nitrogens with zero attached hydrogens (tertiary/aromatic N) is 2. The van der Waals surface area contributed by atoms with E-state index in [1.165, 1.54) is 17.6 Å². The standard InChI is InChI=1S/C29H42N2O6/c1-18(32)29(35)14-11-23-21-8-7-19-16-20(9-12-27(19,2)22(21)10-13-28(23,29)3)30-37-17-25(33)31-15-5-6-24(31)26(34)36-4/h16,21-24,35H,5-15,17H2,1-4H3/b30-20-/t21-,22+,23+,24+,27+,28+,29+/m1/s1. The average Bonchev–Trinajstić information content (AvgIpc) is 3.47. The first kappa shape index (κ1) is 26.4. The van der Waals surface area contributed by atoms with E-state index in [0.29, 0.717) is 37.1 Å². The van der Waals surface area contributed by atoms with Gasteiger partial charge in [0.25, 0.3) is 5.91 Å². The Morgan fingerprint density at radius 2 is 1.84 bits per heavy atom. The first-order valence-electron chi connectivity index (χ1n) is 14.1. The fourth-order valence-electron chi connectivity index (χ4n) is 8.94. The molecule has 0 aromatic heterocycles. The maximum atomic E-state index is 12.6. The summed E-state index contributed by atoms with van der Waals surface area (Å²) in [5, 5.41) is 15.7. The summed E-state index contributed by atoms with van der Waals surface area (Å²) in [4.78, 5) is 44.0. The monoisotopic (exact) mass is 514 g/mol. The van der Waals surface area contributed by atoms with E-state index in [1.807, 2.05) is 0 Å². The molecule has 0 bridgehead atoms. The predicted octanol–water partition coefficient (Wildman–Crippen LogP) is 3.81. The number of allylic oxidation sites excluding steroid dienone is 2. The smallest absolute Gasteiger partial charge is 0.328 e. The molecule has 0 unspecified atom stereocenters. The van der Waals surface area contributed by atoms with E-state index in [-0.39, 0.29) is 35.1 Å². The number of hydrogen-bond donors (Lipinski definition) is 1. The van der Waals surface area contributed by atoms with E-state index < -0.39 is 11.6 Å². The zero-order chi connectivity index (χ0) is 26.6. The number of aliphatic hydroxyl groups is 1. The van der Waals surface area contributed by atoms with Crippen LogP contribution in [0.3, 0.4) is 0 Å². The highest BCUT2D eigenvalue weighted by Gasteiger charge is 2.65. The molecule has 8 nitrogen and oxygen atoms in total. The Morgan fingerprint density at radius 3 is 2.57 bits per heavy atom. The number of amides is 1. The van der Waals surface area contributed by atoms with Crippen LogP contribution < -0.4 is 0 Å². The second-order valence-electron chi connectivity index (χ2n) is 12.5. The van der Waals surface area contributed by atoms with Gasteiger partial charge in [-0.1, -0.05) is 24.6 Å². The van der Waals surface area contributed by atoms with Gasteiger partial charge in [-0.05, 0) is 100 Å². The molecule has 1 aliphatic heterocycles. The highest BCUT2D eigenvalue weighted by molar-refractivity contribution is 5.96. The first-order valence-corrected chi connectivity index (χ1v) is 14.1. The van der Waals surface area contributed by atoms with Crippen molar-refractivity contribution in [1.29, 1.82) is 0 Å². The van der Waals surface area contributed by atoms with Gasteiger partial charge in [0.1, 0.15) is 11.6 Å². The van der Waals surface area contributed by atoms with Gasteiger partial charge in [0.2, 0.25) is 0 Å². The average molecular weight is 515 g/mol. The number of likely N-dealkylation sites (tertiary alicyclic amines) is 1. The van der Waals surface area contributed by atoms with Gasteiger partial charge in [0.15, 0.2) is 12.4 Å². The molecule has 4 fully saturated rings. The number of rotatable bonds is 5. The highest BCUT2D eigenvalue weighted by Crippen LogP contribution is 2.67. The van der Waals surface area contributed by atoms with E-state index in [4.69, 9.17) is 9.57 Å². The summed E-state index contributed by atoms with van der Waals surface area (Å²) in [6, 6.07) is -0.523. The Morgan fingerprint density at radius 1 is 1.08 bits per heavy atom. The van der Waals surface area contributed by atoms with Crippen LogP contribution >= 0.6 is 0 Å². The molecule has 5 rings (SSSR count). The van der Waals surface area contributed by atoms with Crippen LogP contribution in [0, 0.1) is 28.6 Å². The van der Waals surface area contributed by atoms with Crippen molar-refractivity contribution >= 4 is 23.4 Å². The molecule has 8 heteroatoms. The molecular formula is C29H42N2O6. The Labute approximate surface area is 219 Å². The second-order valence-corrected chi connectivity index (χ2v) is 12.5. The third-order valence-electron chi connectivity index (χ3n) is 11.1. The number of methoxy groups -OCH3 is 1. The largest absolute Gasteiger partial charge is 0.467 e. The Bertz CT molecular complexity index is 1040. The molecular weight excluding hydrogens is 472 g/mol. The van der Waals surface area contributed by atoms with Crippen molar-refractivity contribution in [2.75, 3.05) is 20.3 Å². The molecule has 3 saturated carbocycles. The number of carbonyl (C=O) groups is 3. The minimum absolute atomic E-state index is 0.0684. The predicted molar refractivity (Wildman–Crippen MR) is 137 cm³/mol. The normalized spacial score (nSPS) is 41.9. The summed E-state index contributed by atoms with van der Waals surface area (Å²) in [5.41, 5.74) is 0.896. The summed E-state index contributed by atoms with van der Waals surface area (Å²) in [6.07, 6.45) is 10.9. The van der Waals surface area contributed by atoms with E-state index in [0.717, 1.165) is 57.1 Å². The summed E-state index contributed by atoms with van der Waals surface area (Å²) in [6.45, 7) is 6.47. The molecule has 37 heavy (non-hydrogen) atoms. The lowest BCUT2D eigenvalue weighted by molar-refractivity contribution is -0.159. The number of Topliss-reactive ketones (excluding diaryl/α,β-unsaturated/α-hetero) is 1. The summed E-state index contributed by atoms with van der Waals surface area (Å²) < 4.78 is 4.82. The van der Waals surface area contributed by atoms with Crippen molar-refractivity contribution in [3.8, 4) is 0 Å². The van der Waals surface area contributed by atoms with Crippen LogP contribution in [-0.2, 0) is 24.0 Å². The third-order valence-corrected chi connectivity index (χ3v) is 11.1. The zero-order valence-electron chi connectivity index (χ0n) is 22.8. The van der Waals surface area contributed by atoms with Crippen LogP contribution in [0.15, 0.2) is 16.8 Å². The number of hydrogen-bond acceptors (Lipinski definition) is 7. The van der Waals surface area contributed by atoms with Gasteiger partial charge < -0.3 is 19.6 Å². The lowest BCUT2D eigenvalue weighted by Crippen LogP contribution is -2.57. The van der Waals surface area contributed by atoms with Crippen LogP contribution in [-0.4, -0.2) is 65.3 Å². The van der Waals surface area contributed by atoms with Gasteiger partial charge in [-0.15, -0.1) is 0 Å². The van der Waals surface area contributed by atoms with Crippen molar-refractivity contribution in [2.45, 2.75) is 96.6 Å². The van der Waals surface area contributed by atoms with Crippen molar-refractivity contribution in [3.63, 3.8) is 0 Å². The minimum Gasteiger partial charge on any atom is -0.467 e. The van der Waals surface area contributed by atoms with Crippen LogP contribution in [0.2, 0.25) is 0 Å². The maximum absolute atomic E-state index is 12.6. The van der Waals surface area contributed by atoms with Crippen LogP contribution in [0.25, 0.3) is 0 Å². The molecule has 4 aliphatic carbocycles. The third kappa shape index (κ3) is 4.05. The molecule has 1 saturated heterocycles. The second kappa shape index (κ2) is 9.51. The number of ketones is 1. The lowest BCUT2D eigenvalue weighted by atomic mass is 9.46. The van der Waals surface area contributed by atoms with Gasteiger partial charge in [-0.25, -0.2) is 4.79 Å². The Balaban J connectivity index is 1.25. The molecule has 204 valence electrons. The number of ether oxygens (including phenoxy) is 1. The van der Waals surface area contributed by atoms with Gasteiger partial charge >= 0.3 is 5.97 Å². The minimum atomic E-state index is -1.17. The van der Waals surface area contributed by atoms with Crippen molar-refractivity contribution < 1.29 is 29.1 Å². The van der Waals surface area contributed by atoms with Crippen molar-refractivity contribution in [3.05, 3.63) is 11.6 Å². The molecule has 1 amide bonds. The number of esters is 1. The molecule has 7 atom stereocenters. The Kier molecular flexibility index (Phi) is 6.78. The molecule has 0 spiro atoms. The highest BCUT2D eigenvalue weighted by atomic mass is 16.6. The Hall–Kier alpha value is -2.22. The van der Waals surface area contributed by atoms with E-state index >= 15 is 0 Å². The van der Waals surface area contributed by atoms with E-state index in [2.05, 4.69) is 25.1 Å². The van der Waals surface area contributed by atoms with Crippen molar-refractivity contribution in [2.24, 2.45) is 33.7 Å². The molecule has 5 aliphatic rings. The van der Waals surface area contributed by atoms with Gasteiger partial charge in [-0.3, -0.25) is 9.59 Å². The SMILES string of the molecule is COC(=O)[C@@H]1CCCN1C(=O)CO/N=C1\C=C2CC[C@@H]3[C@H](CC[C@@]4(C)[C@H]3CC[C@]4(O)C(C)=O)[C@@]2(C)CC1. The number of oxime groups is 1. The maximum Gasteiger partial charge on any atom is 0.328 e. The topological polar surface area (TPSA) is 106 Å². The van der Waals surface area contributed by atoms with Crippen LogP contribution in [0.4, 0.5) is 0 Å². The summed E-state index contributed by atoms with van der Waals surface area (Å²) >= 11 is 0. The fourth-order valence-corrected chi connectivity index (χ4v) is 8.94. The van der Waals surface area contributed by atoms with Crippen LogP contribution in [0.5, 0.6) is 0 Å². The zero-order valence-corrected chi connectivity index (χ0v) is 22.8. The number of carbonyl (C=O) groups excluding carboxylic acids is 3. The molecule has 0 aromatic carbocycles. The van der Waals surface area contributed by atoms with E-state index in [1.54, 1.807) is 6.92 Å². The summed E-state index contributed by atoms with van der Waals surface area (Å²) in [7, 11) is 1.34. The molecule has 1 heterocycles. The molecule has 1 N–H and O–H groups in total. The number of fused-ring (bicyclic) bond motifs is 5. The summed E-state index contributed by atoms with van der Waals surface area (Å²) in [5.74, 6) is 0.789. The lowest BCUT2D eigenvalue weighted by Gasteiger charge is -2.59. The quantitative estimate of drug-likeness (QED) is 0.442. The fraction of sp³-hybridized carbons (Fsp3) is 0.793. The molecule has 0 radical (unpaired) electrons. The van der Waals surface area contributed by atoms with Gasteiger partial charge in [-0.2, -0.15) is 0 Å². The van der Waals surface area contributed by atoms with Gasteiger partial charge in [0, 0.05) is 12.0 Å². The van der Waals surface area contributed by atoms with Gasteiger partial charge in [0.05, 0.1) is 12.8 Å². The van der Waals surface area contributed by atoms with Crippen LogP contribution in [0.1, 0.15) is 85.0 Å². The van der Waals surface area contributed by atoms with E-state index in [9.17, 15) is 19.5 Å². The van der Waals surface area contributed by atoms with Crippen molar-refractivity contribution in [1.82, 2.24) is 4.90 Å².